The molecular formula is C13H12BrN5S. The molecule has 1 saturated carbocycles. The molecule has 2 heterocycles. The molecule has 1 aliphatic rings. The maximum absolute atomic E-state index is 5.86. The molecule has 102 valence electrons. The third-order valence-electron chi connectivity index (χ3n) is 3.71. The van der Waals surface area contributed by atoms with Crippen molar-refractivity contribution in [2.45, 2.75) is 25.2 Å². The fourth-order valence-electron chi connectivity index (χ4n) is 2.37. The molecule has 0 saturated heterocycles. The Kier molecular flexibility index (Phi) is 2.78. The number of halogens is 1. The Morgan fingerprint density at radius 3 is 2.90 bits per heavy atom. The van der Waals surface area contributed by atoms with Crippen LogP contribution in [0.2, 0.25) is 0 Å². The number of benzene rings is 1. The molecule has 5 nitrogen and oxygen atoms in total. The summed E-state index contributed by atoms with van der Waals surface area (Å²) in [7, 11) is 0. The van der Waals surface area contributed by atoms with E-state index < -0.39 is 0 Å². The summed E-state index contributed by atoms with van der Waals surface area (Å²) in [6, 6.07) is 5.74. The lowest BCUT2D eigenvalue weighted by Gasteiger charge is -2.22. The largest absolute Gasteiger partial charge is 0.399 e. The summed E-state index contributed by atoms with van der Waals surface area (Å²) >= 11 is 5.09. The second-order valence-corrected chi connectivity index (χ2v) is 6.84. The van der Waals surface area contributed by atoms with Crippen molar-refractivity contribution >= 4 is 37.9 Å². The molecule has 0 unspecified atom stereocenters. The van der Waals surface area contributed by atoms with Crippen molar-refractivity contribution in [1.29, 1.82) is 0 Å². The van der Waals surface area contributed by atoms with E-state index in [0.717, 1.165) is 31.5 Å². The molecule has 1 aliphatic carbocycles. The van der Waals surface area contributed by atoms with Gasteiger partial charge < -0.3 is 5.73 Å². The van der Waals surface area contributed by atoms with Gasteiger partial charge in [0.15, 0.2) is 5.82 Å². The first-order valence-electron chi connectivity index (χ1n) is 6.50. The van der Waals surface area contributed by atoms with Gasteiger partial charge >= 0.3 is 0 Å². The number of aromatic nitrogens is 4. The zero-order valence-electron chi connectivity index (χ0n) is 10.6. The molecule has 0 radical (unpaired) electrons. The minimum atomic E-state index is 0.518. The van der Waals surface area contributed by atoms with Gasteiger partial charge in [-0.25, -0.2) is 0 Å². The van der Waals surface area contributed by atoms with E-state index in [0.29, 0.717) is 5.92 Å². The third kappa shape index (κ3) is 1.84. The minimum Gasteiger partial charge on any atom is -0.399 e. The van der Waals surface area contributed by atoms with Gasteiger partial charge in [-0.05, 0) is 31.0 Å². The number of anilines is 1. The molecule has 0 atom stereocenters. The van der Waals surface area contributed by atoms with Crippen molar-refractivity contribution in [3.63, 3.8) is 0 Å². The van der Waals surface area contributed by atoms with Gasteiger partial charge in [0.05, 0.1) is 0 Å². The number of nitrogens with zero attached hydrogens (tertiary/aromatic N) is 4. The third-order valence-corrected chi connectivity index (χ3v) is 5.33. The van der Waals surface area contributed by atoms with Crippen LogP contribution in [0.5, 0.6) is 0 Å². The molecule has 1 aromatic carbocycles. The fourth-order valence-corrected chi connectivity index (χ4v) is 3.81. The van der Waals surface area contributed by atoms with Crippen LogP contribution in [-0.2, 0) is 0 Å². The Hall–Kier alpha value is -1.47. The van der Waals surface area contributed by atoms with Crippen LogP contribution >= 0.6 is 27.3 Å². The van der Waals surface area contributed by atoms with Crippen LogP contribution < -0.4 is 5.73 Å². The molecule has 7 heteroatoms. The Balaban J connectivity index is 1.84. The zero-order chi connectivity index (χ0) is 13.7. The van der Waals surface area contributed by atoms with Crippen molar-refractivity contribution in [3.05, 3.63) is 28.5 Å². The van der Waals surface area contributed by atoms with Gasteiger partial charge in [-0.3, -0.25) is 0 Å². The Labute approximate surface area is 128 Å². The van der Waals surface area contributed by atoms with E-state index in [9.17, 15) is 0 Å². The molecule has 3 aromatic rings. The Morgan fingerprint density at radius 2 is 2.15 bits per heavy atom. The maximum atomic E-state index is 5.86. The molecule has 2 N–H and O–H groups in total. The van der Waals surface area contributed by atoms with Gasteiger partial charge in [-0.15, -0.1) is 10.2 Å². The molecule has 20 heavy (non-hydrogen) atoms. The molecule has 2 aromatic heterocycles. The predicted octanol–water partition coefficient (Wildman–Crippen LogP) is 3.47. The molecule has 0 bridgehead atoms. The lowest BCUT2D eigenvalue weighted by molar-refractivity contribution is 0.395. The standard InChI is InChI=1S/C13H12BrN5S/c14-10-5-4-8(15)6-9(10)12-18-19-11(7-2-1-3-7)16-17-13(19)20-12/h4-7H,1-3,15H2. The second kappa shape index (κ2) is 4.53. The van der Waals surface area contributed by atoms with Crippen LogP contribution in [0.25, 0.3) is 15.5 Å². The van der Waals surface area contributed by atoms with Crippen LogP contribution in [-0.4, -0.2) is 19.8 Å². The fraction of sp³-hybridized carbons (Fsp3) is 0.308. The molecular weight excluding hydrogens is 338 g/mol. The number of nitrogen functional groups attached to an aromatic ring is 1. The summed E-state index contributed by atoms with van der Waals surface area (Å²) < 4.78 is 2.88. The highest BCUT2D eigenvalue weighted by Gasteiger charge is 2.26. The smallest absolute Gasteiger partial charge is 0.234 e. The quantitative estimate of drug-likeness (QED) is 0.719. The Bertz CT molecular complexity index is 789. The Morgan fingerprint density at radius 1 is 1.30 bits per heavy atom. The summed E-state index contributed by atoms with van der Waals surface area (Å²) in [4.78, 5) is 0.844. The van der Waals surface area contributed by atoms with Gasteiger partial charge in [-0.2, -0.15) is 9.61 Å². The van der Waals surface area contributed by atoms with Crippen LogP contribution in [0.15, 0.2) is 22.7 Å². The van der Waals surface area contributed by atoms with Crippen molar-refractivity contribution in [2.24, 2.45) is 0 Å². The monoisotopic (exact) mass is 349 g/mol. The first kappa shape index (κ1) is 12.3. The van der Waals surface area contributed by atoms with E-state index in [2.05, 4.69) is 31.2 Å². The molecule has 4 rings (SSSR count). The van der Waals surface area contributed by atoms with E-state index in [-0.39, 0.29) is 0 Å². The average molecular weight is 350 g/mol. The number of hydrogen-bond acceptors (Lipinski definition) is 5. The zero-order valence-corrected chi connectivity index (χ0v) is 13.0. The topological polar surface area (TPSA) is 69.1 Å². The summed E-state index contributed by atoms with van der Waals surface area (Å²) in [5, 5.41) is 14.1. The first-order valence-corrected chi connectivity index (χ1v) is 8.11. The summed E-state index contributed by atoms with van der Waals surface area (Å²) in [6.45, 7) is 0. The molecule has 1 fully saturated rings. The number of fused-ring (bicyclic) bond motifs is 1. The summed E-state index contributed by atoms with van der Waals surface area (Å²) in [5.41, 5.74) is 7.59. The number of hydrogen-bond donors (Lipinski definition) is 1. The van der Waals surface area contributed by atoms with E-state index in [1.807, 2.05) is 22.7 Å². The molecule has 0 amide bonds. The van der Waals surface area contributed by atoms with E-state index >= 15 is 0 Å². The lowest BCUT2D eigenvalue weighted by Crippen LogP contribution is -2.13. The van der Waals surface area contributed by atoms with Crippen LogP contribution in [0.4, 0.5) is 5.69 Å². The summed E-state index contributed by atoms with van der Waals surface area (Å²) in [6.07, 6.45) is 3.66. The van der Waals surface area contributed by atoms with Crippen LogP contribution in [0, 0.1) is 0 Å². The van der Waals surface area contributed by atoms with Gasteiger partial charge in [0.2, 0.25) is 4.96 Å². The van der Waals surface area contributed by atoms with Crippen LogP contribution in [0.1, 0.15) is 31.0 Å². The molecule has 0 aliphatic heterocycles. The van der Waals surface area contributed by atoms with Crippen molar-refractivity contribution in [2.75, 3.05) is 5.73 Å². The number of rotatable bonds is 2. The van der Waals surface area contributed by atoms with Crippen molar-refractivity contribution in [3.8, 4) is 10.6 Å². The van der Waals surface area contributed by atoms with Gasteiger partial charge in [0, 0.05) is 21.6 Å². The lowest BCUT2D eigenvalue weighted by atomic mass is 9.85. The highest BCUT2D eigenvalue weighted by molar-refractivity contribution is 9.10. The van der Waals surface area contributed by atoms with Gasteiger partial charge in [0.1, 0.15) is 5.01 Å². The van der Waals surface area contributed by atoms with Gasteiger partial charge in [0.25, 0.3) is 0 Å². The minimum absolute atomic E-state index is 0.518. The average Bonchev–Trinajstić information content (AvgIpc) is 2.92. The second-order valence-electron chi connectivity index (χ2n) is 5.03. The van der Waals surface area contributed by atoms with E-state index in [4.69, 9.17) is 5.73 Å². The van der Waals surface area contributed by atoms with Crippen molar-refractivity contribution < 1.29 is 0 Å². The number of nitrogens with two attached hydrogens (primary N) is 1. The van der Waals surface area contributed by atoms with Crippen LogP contribution in [0.3, 0.4) is 0 Å². The SMILES string of the molecule is Nc1ccc(Br)c(-c2nn3c(C4CCC4)nnc3s2)c1. The normalized spacial score (nSPS) is 15.7. The van der Waals surface area contributed by atoms with E-state index in [1.54, 1.807) is 0 Å². The maximum Gasteiger partial charge on any atom is 0.234 e. The predicted molar refractivity (Wildman–Crippen MR) is 82.8 cm³/mol. The molecule has 0 spiro atoms. The summed E-state index contributed by atoms with van der Waals surface area (Å²) in [5.74, 6) is 1.51. The van der Waals surface area contributed by atoms with Gasteiger partial charge in [-0.1, -0.05) is 33.7 Å². The van der Waals surface area contributed by atoms with Crippen molar-refractivity contribution in [1.82, 2.24) is 19.8 Å². The van der Waals surface area contributed by atoms with E-state index in [1.165, 1.54) is 30.6 Å². The first-order chi connectivity index (χ1) is 9.72. The highest BCUT2D eigenvalue weighted by atomic mass is 79.9. The highest BCUT2D eigenvalue weighted by Crippen LogP contribution is 2.37.